The lowest BCUT2D eigenvalue weighted by atomic mass is 9.35. The molecule has 13 rings (SSSR count). The first-order valence-corrected chi connectivity index (χ1v) is 33.5. The standard InChI is InChI=1S/C90H78B3N3/c1-61-10-28-70(29-11-61)88(91(79-37-16-64(4)17-38-79)80-39-18-65(5)19-40-80)55-85-49-34-73(58-94-85)76-52-77(74-35-50-86(95-59-74)56-89(71-30-12-62(2)13-31-71)92(81-41-20-66(6)21-42-81)82-43-22-67(7)23-44-82)54-78(53-76)75-36-51-87(96-60-75)57-90(72-32-14-63(3)15-33-72)93(83-45-24-68(8)25-46-83)84-47-26-69(9)27-48-84/h10-60H,1-9H3/b88-55+,89-56+,90-57+. The maximum Gasteiger partial charge on any atom is 0.242 e. The van der Waals surface area contributed by atoms with Crippen LogP contribution in [0.2, 0.25) is 0 Å². The van der Waals surface area contributed by atoms with E-state index in [0.29, 0.717) is 0 Å². The fourth-order valence-corrected chi connectivity index (χ4v) is 13.0. The molecule has 0 saturated heterocycles. The molecule has 0 aliphatic rings. The molecule has 3 nitrogen and oxygen atoms in total. The van der Waals surface area contributed by atoms with Gasteiger partial charge in [-0.15, -0.1) is 0 Å². The minimum Gasteiger partial charge on any atom is -0.256 e. The van der Waals surface area contributed by atoms with E-state index in [9.17, 15) is 0 Å². The quantitative estimate of drug-likeness (QED) is 0.0804. The SMILES string of the molecule is Cc1ccc(B(/C(=C/c2ccc(-c3cc(-c4ccc(/C=C(/B(c5ccc(C)cc5)c5ccc(C)cc5)c5ccc(C)cc5)nc4)cc(-c4ccc(/C=C(/B(c5ccc(C)cc5)c5ccc(C)cc5)c5ccc(C)cc5)nc4)c3)cn2)c2ccc(C)cc2)c2ccc(C)cc2)cc1. The molecule has 0 fully saturated rings. The first-order chi connectivity index (χ1) is 46.7. The van der Waals surface area contributed by atoms with Crippen molar-refractivity contribution in [2.24, 2.45) is 0 Å². The molecule has 6 heteroatoms. The Morgan fingerprint density at radius 2 is 0.385 bits per heavy atom. The molecule has 10 aromatic carbocycles. The molecule has 0 saturated carbocycles. The van der Waals surface area contributed by atoms with Crippen LogP contribution in [0.25, 0.3) is 68.0 Å². The van der Waals surface area contributed by atoms with Crippen LogP contribution in [0.3, 0.4) is 0 Å². The number of hydrogen-bond donors (Lipinski definition) is 0. The Balaban J connectivity index is 0.925. The average Bonchev–Trinajstić information content (AvgIpc) is 0.928. The van der Waals surface area contributed by atoms with Crippen LogP contribution in [-0.4, -0.2) is 35.1 Å². The van der Waals surface area contributed by atoms with Crippen molar-refractivity contribution in [3.05, 3.63) is 375 Å². The number of aromatic nitrogens is 3. The minimum atomic E-state index is -0.0328. The van der Waals surface area contributed by atoms with Gasteiger partial charge in [0.05, 0.1) is 17.1 Å². The van der Waals surface area contributed by atoms with Crippen LogP contribution >= 0.6 is 0 Å². The van der Waals surface area contributed by atoms with E-state index in [1.54, 1.807) is 0 Å². The van der Waals surface area contributed by atoms with Crippen LogP contribution in [0.4, 0.5) is 0 Å². The van der Waals surface area contributed by atoms with E-state index in [1.807, 2.05) is 18.6 Å². The number of hydrogen-bond acceptors (Lipinski definition) is 3. The second kappa shape index (κ2) is 28.7. The summed E-state index contributed by atoms with van der Waals surface area (Å²) in [5.41, 5.74) is 34.2. The van der Waals surface area contributed by atoms with Gasteiger partial charge in [-0.05, 0) is 150 Å². The van der Waals surface area contributed by atoms with Crippen LogP contribution in [-0.2, 0) is 0 Å². The Kier molecular flexibility index (Phi) is 19.1. The van der Waals surface area contributed by atoms with Gasteiger partial charge in [0.25, 0.3) is 0 Å². The van der Waals surface area contributed by atoms with Gasteiger partial charge in [-0.3, -0.25) is 15.0 Å². The summed E-state index contributed by atoms with van der Waals surface area (Å²) in [6.07, 6.45) is 12.9. The second-order valence-corrected chi connectivity index (χ2v) is 26.4. The molecule has 0 aliphatic heterocycles. The number of rotatable bonds is 18. The normalized spacial score (nSPS) is 11.8. The van der Waals surface area contributed by atoms with Crippen LogP contribution in [0, 0.1) is 62.3 Å². The fraction of sp³-hybridized carbons (Fsp3) is 0.100. The minimum absolute atomic E-state index is 0.0328. The van der Waals surface area contributed by atoms with Crippen molar-refractivity contribution in [3.63, 3.8) is 0 Å². The molecule has 0 aliphatic carbocycles. The van der Waals surface area contributed by atoms with E-state index in [-0.39, 0.29) is 20.1 Å². The van der Waals surface area contributed by atoms with Gasteiger partial charge in [0.2, 0.25) is 20.1 Å². The highest BCUT2D eigenvalue weighted by Gasteiger charge is 2.29. The first kappa shape index (κ1) is 63.8. The zero-order valence-electron chi connectivity index (χ0n) is 56.5. The summed E-state index contributed by atoms with van der Waals surface area (Å²) in [7, 11) is 0. The molecule has 0 unspecified atom stereocenters. The molecule has 0 bridgehead atoms. The van der Waals surface area contributed by atoms with Crippen molar-refractivity contribution in [1.29, 1.82) is 0 Å². The van der Waals surface area contributed by atoms with Gasteiger partial charge in [-0.1, -0.05) is 336 Å². The Morgan fingerprint density at radius 1 is 0.208 bits per heavy atom. The van der Waals surface area contributed by atoms with Crippen molar-refractivity contribution in [1.82, 2.24) is 15.0 Å². The molecule has 0 radical (unpaired) electrons. The van der Waals surface area contributed by atoms with Crippen molar-refractivity contribution in [3.8, 4) is 33.4 Å². The van der Waals surface area contributed by atoms with Crippen LogP contribution in [0.15, 0.2) is 292 Å². The summed E-state index contributed by atoms with van der Waals surface area (Å²) in [6.45, 7) is 19.2. The predicted molar refractivity (Wildman–Crippen MR) is 415 cm³/mol. The Labute approximate surface area is 570 Å². The van der Waals surface area contributed by atoms with E-state index in [2.05, 4.69) is 354 Å². The lowest BCUT2D eigenvalue weighted by molar-refractivity contribution is 1.29. The van der Waals surface area contributed by atoms with E-state index >= 15 is 0 Å². The number of benzene rings is 10. The van der Waals surface area contributed by atoms with Crippen LogP contribution < -0.4 is 32.8 Å². The fourth-order valence-electron chi connectivity index (χ4n) is 13.0. The molecule has 0 N–H and O–H groups in total. The summed E-state index contributed by atoms with van der Waals surface area (Å²) in [5.74, 6) is 0. The monoisotopic (exact) mass is 1230 g/mol. The lowest BCUT2D eigenvalue weighted by Gasteiger charge is -2.20. The van der Waals surface area contributed by atoms with E-state index in [4.69, 9.17) is 15.0 Å². The molecule has 3 heterocycles. The summed E-state index contributed by atoms with van der Waals surface area (Å²) < 4.78 is 0. The molecule has 13 aromatic rings. The third-order valence-corrected chi connectivity index (χ3v) is 18.8. The van der Waals surface area contributed by atoms with Crippen molar-refractivity contribution in [2.75, 3.05) is 0 Å². The highest BCUT2D eigenvalue weighted by molar-refractivity contribution is 7.01. The lowest BCUT2D eigenvalue weighted by Crippen LogP contribution is -2.43. The number of aryl methyl sites for hydroxylation is 9. The highest BCUT2D eigenvalue weighted by Crippen LogP contribution is 2.35. The van der Waals surface area contributed by atoms with Gasteiger partial charge in [0, 0.05) is 35.3 Å². The first-order valence-electron chi connectivity index (χ1n) is 33.5. The molecule has 96 heavy (non-hydrogen) atoms. The van der Waals surface area contributed by atoms with Crippen molar-refractivity contribution >= 4 is 87.6 Å². The zero-order chi connectivity index (χ0) is 66.2. The second-order valence-electron chi connectivity index (χ2n) is 26.4. The summed E-state index contributed by atoms with van der Waals surface area (Å²) in [6, 6.07) is 101. The Bertz CT molecular complexity index is 4250. The Hall–Kier alpha value is -10.9. The van der Waals surface area contributed by atoms with Crippen LogP contribution in [0.1, 0.15) is 83.8 Å². The maximum atomic E-state index is 5.30. The average molecular weight is 1230 g/mol. The molecule has 0 atom stereocenters. The van der Waals surface area contributed by atoms with Crippen LogP contribution in [0.5, 0.6) is 0 Å². The summed E-state index contributed by atoms with van der Waals surface area (Å²) in [5, 5.41) is 0. The molecule has 0 spiro atoms. The number of pyridine rings is 3. The third kappa shape index (κ3) is 15.0. The van der Waals surface area contributed by atoms with Gasteiger partial charge in [0.1, 0.15) is 0 Å². The summed E-state index contributed by atoms with van der Waals surface area (Å²) in [4.78, 5) is 15.9. The van der Waals surface area contributed by atoms with Gasteiger partial charge < -0.3 is 0 Å². The zero-order valence-corrected chi connectivity index (χ0v) is 56.5. The molecular formula is C90H78B3N3. The largest absolute Gasteiger partial charge is 0.256 e. The topological polar surface area (TPSA) is 38.7 Å². The van der Waals surface area contributed by atoms with E-state index in [1.165, 1.54) is 99.3 Å². The number of nitrogens with zero attached hydrogens (tertiary/aromatic N) is 3. The summed E-state index contributed by atoms with van der Waals surface area (Å²) >= 11 is 0. The van der Waals surface area contributed by atoms with Crippen molar-refractivity contribution < 1.29 is 0 Å². The van der Waals surface area contributed by atoms with E-state index in [0.717, 1.165) is 67.2 Å². The molecule has 462 valence electrons. The molecule has 0 amide bonds. The van der Waals surface area contributed by atoms with Gasteiger partial charge in [-0.2, -0.15) is 0 Å². The predicted octanol–water partition coefficient (Wildman–Crippen LogP) is 17.8. The highest BCUT2D eigenvalue weighted by atomic mass is 14.7. The van der Waals surface area contributed by atoms with E-state index < -0.39 is 0 Å². The van der Waals surface area contributed by atoms with Gasteiger partial charge in [-0.25, -0.2) is 0 Å². The Morgan fingerprint density at radius 3 is 0.552 bits per heavy atom. The van der Waals surface area contributed by atoms with Gasteiger partial charge in [0.15, 0.2) is 0 Å². The molecular weight excluding hydrogens is 1160 g/mol. The third-order valence-electron chi connectivity index (χ3n) is 18.8. The van der Waals surface area contributed by atoms with Gasteiger partial charge >= 0.3 is 0 Å². The van der Waals surface area contributed by atoms with Crippen molar-refractivity contribution in [2.45, 2.75) is 62.3 Å². The smallest absolute Gasteiger partial charge is 0.242 e. The molecule has 3 aromatic heterocycles. The maximum absolute atomic E-state index is 5.30.